The van der Waals surface area contributed by atoms with Crippen molar-refractivity contribution in [2.45, 2.75) is 187 Å². The number of rotatable bonds is 15. The maximum absolute atomic E-state index is 15.0. The van der Waals surface area contributed by atoms with Crippen LogP contribution in [0.25, 0.3) is 0 Å². The Hall–Kier alpha value is -6.66. The van der Waals surface area contributed by atoms with Gasteiger partial charge >= 0.3 is 36.2 Å². The third-order valence-electron chi connectivity index (χ3n) is 14.6. The van der Waals surface area contributed by atoms with E-state index < -0.39 is 137 Å². The summed E-state index contributed by atoms with van der Waals surface area (Å²) in [4.78, 5) is 121. The van der Waals surface area contributed by atoms with Crippen molar-refractivity contribution in [3.63, 3.8) is 0 Å². The van der Waals surface area contributed by atoms with Gasteiger partial charge < -0.3 is 38.5 Å². The highest BCUT2D eigenvalue weighted by Gasteiger charge is 2.45. The van der Waals surface area contributed by atoms with Crippen LogP contribution in [0.4, 0.5) is 26.3 Å². The largest absolute Gasteiger partial charge is 0.451 e. The van der Waals surface area contributed by atoms with Gasteiger partial charge in [-0.05, 0) is 105 Å². The Kier molecular flexibility index (Phi) is 25.1. The fourth-order valence-corrected chi connectivity index (χ4v) is 11.2. The second kappa shape index (κ2) is 30.1. The average molecular weight is 1230 g/mol. The molecule has 2 aromatic carbocycles. The minimum atomic E-state index is -5.20. The molecule has 18 nitrogen and oxygen atoms in total. The molecule has 85 heavy (non-hydrogen) atoms. The van der Waals surface area contributed by atoms with E-state index in [1.807, 2.05) is 19.1 Å². The van der Waals surface area contributed by atoms with Crippen molar-refractivity contribution in [2.75, 3.05) is 34.4 Å². The first kappa shape index (κ1) is 70.8. The highest BCUT2D eigenvalue weighted by molar-refractivity contribution is 8.15. The molecule has 0 saturated carbocycles. The van der Waals surface area contributed by atoms with Gasteiger partial charge in [0.2, 0.25) is 0 Å². The van der Waals surface area contributed by atoms with Crippen LogP contribution in [0.5, 0.6) is 0 Å². The molecule has 1 saturated heterocycles. The van der Waals surface area contributed by atoms with Gasteiger partial charge in [-0.2, -0.15) is 31.4 Å². The molecular formula is C60H84F6N6O12S. The van der Waals surface area contributed by atoms with Crippen LogP contribution < -0.4 is 0 Å². The van der Waals surface area contributed by atoms with Crippen LogP contribution in [0.1, 0.15) is 130 Å². The minimum Gasteiger partial charge on any atom is -0.451 e. The molecule has 1 unspecified atom stereocenters. The number of halogens is 6. The van der Waals surface area contributed by atoms with E-state index in [0.29, 0.717) is 5.56 Å². The first-order chi connectivity index (χ1) is 39.4. The second-order valence-corrected chi connectivity index (χ2v) is 25.4. The van der Waals surface area contributed by atoms with E-state index in [9.17, 15) is 59.9 Å². The summed E-state index contributed by atoms with van der Waals surface area (Å²) in [5.41, 5.74) is -1.52. The first-order valence-corrected chi connectivity index (χ1v) is 30.2. The number of carbonyl (C=O) groups is 8. The monoisotopic (exact) mass is 1230 g/mol. The SMILES string of the molecule is CCc1ccc(C[C@H]2OC(=O)[C@H](CC(C)C)N(C)C(=O)[C@@H](C)OC(=O)[C@H](CC(C)C)N(C)C(=O)[C@@H](Cc3ccc([SH](C)n4nc(C(F)(F)F)cc4C(F)(F)F)cc3)OC(=O)[C@H](CC(C)C)N(C)C(=O)[C@@H](C)OC(=O)[C@H](CC(C)C)N(C)C2=O)cc1. The summed E-state index contributed by atoms with van der Waals surface area (Å²) in [5.74, 6) is -8.76. The van der Waals surface area contributed by atoms with Crippen molar-refractivity contribution in [3.8, 4) is 0 Å². The summed E-state index contributed by atoms with van der Waals surface area (Å²) in [7, 11) is 5.17. The van der Waals surface area contributed by atoms with Gasteiger partial charge in [-0.15, -0.1) is 11.1 Å². The summed E-state index contributed by atoms with van der Waals surface area (Å²) in [6.45, 7) is 18.7. The lowest BCUT2D eigenvalue weighted by molar-refractivity contribution is -0.176. The zero-order valence-corrected chi connectivity index (χ0v) is 52.3. The van der Waals surface area contributed by atoms with E-state index in [1.165, 1.54) is 72.6 Å². The van der Waals surface area contributed by atoms with Crippen LogP contribution in [0.3, 0.4) is 0 Å². The van der Waals surface area contributed by atoms with Crippen molar-refractivity contribution >= 4 is 58.6 Å². The Balaban J connectivity index is 1.89. The van der Waals surface area contributed by atoms with Crippen LogP contribution in [-0.2, 0) is 88.9 Å². The van der Waals surface area contributed by atoms with Crippen LogP contribution in [0.15, 0.2) is 59.5 Å². The Morgan fingerprint density at radius 2 is 0.788 bits per heavy atom. The molecule has 4 amide bonds. The number of benzene rings is 2. The van der Waals surface area contributed by atoms with Gasteiger partial charge in [-0.3, -0.25) is 19.2 Å². The van der Waals surface area contributed by atoms with Gasteiger partial charge in [0.25, 0.3) is 23.6 Å². The van der Waals surface area contributed by atoms with Crippen LogP contribution in [0, 0.1) is 23.7 Å². The van der Waals surface area contributed by atoms with Crippen molar-refractivity contribution < 1.29 is 83.6 Å². The van der Waals surface area contributed by atoms with Crippen molar-refractivity contribution in [1.82, 2.24) is 28.8 Å². The third kappa shape index (κ3) is 19.2. The fraction of sp³-hybridized carbons (Fsp3) is 0.617. The van der Waals surface area contributed by atoms with Gasteiger partial charge in [-0.25, -0.2) is 23.3 Å². The molecule has 3 aromatic rings. The number of esters is 4. The molecule has 9 atom stereocenters. The smallest absolute Gasteiger partial charge is 0.435 e. The number of aryl methyl sites for hydroxylation is 1. The van der Waals surface area contributed by atoms with E-state index in [-0.39, 0.29) is 76.4 Å². The van der Waals surface area contributed by atoms with E-state index >= 15 is 4.79 Å². The number of cyclic esters (lactones) is 4. The highest BCUT2D eigenvalue weighted by Crippen LogP contribution is 2.43. The Morgan fingerprint density at radius 3 is 1.09 bits per heavy atom. The summed E-state index contributed by atoms with van der Waals surface area (Å²) in [6.07, 6.45) is -15.6. The molecule has 0 N–H and O–H groups in total. The molecule has 1 aliphatic rings. The molecule has 1 aliphatic heterocycles. The number of amides is 4. The number of hydrogen-bond donors (Lipinski definition) is 1. The molecular weight excluding hydrogens is 1140 g/mol. The minimum absolute atomic E-state index is 0.0203. The highest BCUT2D eigenvalue weighted by atomic mass is 32.2. The number of alkyl halides is 6. The predicted octanol–water partition coefficient (Wildman–Crippen LogP) is 8.91. The van der Waals surface area contributed by atoms with Crippen LogP contribution in [-0.4, -0.2) is 159 Å². The number of hydrogen-bond acceptors (Lipinski definition) is 13. The van der Waals surface area contributed by atoms with Gasteiger partial charge in [0.15, 0.2) is 35.8 Å². The lowest BCUT2D eigenvalue weighted by Crippen LogP contribution is -2.55. The molecule has 474 valence electrons. The predicted molar refractivity (Wildman–Crippen MR) is 305 cm³/mol. The van der Waals surface area contributed by atoms with Gasteiger partial charge in [0, 0.05) is 52.0 Å². The summed E-state index contributed by atoms with van der Waals surface area (Å²) >= 11 is -2.23. The molecule has 0 aliphatic carbocycles. The molecule has 1 aromatic heterocycles. The first-order valence-electron chi connectivity index (χ1n) is 28.4. The van der Waals surface area contributed by atoms with E-state index in [0.717, 1.165) is 31.6 Å². The maximum atomic E-state index is 15.0. The zero-order chi connectivity index (χ0) is 64.3. The topological polar surface area (TPSA) is 204 Å². The summed E-state index contributed by atoms with van der Waals surface area (Å²) < 4.78 is 107. The third-order valence-corrected chi connectivity index (χ3v) is 16.5. The normalized spacial score (nSPS) is 23.6. The number of ether oxygens (including phenoxy) is 4. The summed E-state index contributed by atoms with van der Waals surface area (Å²) in [6, 6.07) is 7.00. The standard InChI is InChI=1S/C60H84F6N6O12S/c1-17-39-18-20-40(21-19-39)30-47-53(75)70(14)43(26-33(2)3)55(77)81-38(11)52(74)69(13)46(29-36(8)9)58(80)84-48(31-41-22-24-42(25-23-41)85(16)72-50(60(64,65)66)32-49(67-72)59(61,62)63)54(76)71(15)44(27-34(4)5)56(78)82-37(10)51(73)68(12)45(28-35(6)7)57(79)83-47/h18-25,32-38,43-48,85H,17,26-31H2,1-16H3/t37-,38-,43+,44+,45+,46+,47-,48-/m1/s1. The average Bonchev–Trinajstić information content (AvgIpc) is 2.08. The van der Waals surface area contributed by atoms with Crippen molar-refractivity contribution in [3.05, 3.63) is 82.7 Å². The molecule has 0 radical (unpaired) electrons. The van der Waals surface area contributed by atoms with Gasteiger partial charge in [-0.1, -0.05) is 98.7 Å². The van der Waals surface area contributed by atoms with Gasteiger partial charge in [0.05, 0.1) is 0 Å². The summed E-state index contributed by atoms with van der Waals surface area (Å²) in [5, 5.41) is 3.27. The lowest BCUT2D eigenvalue weighted by Gasteiger charge is -2.35. The quantitative estimate of drug-likeness (QED) is 0.0654. The van der Waals surface area contributed by atoms with E-state index in [4.69, 9.17) is 18.9 Å². The van der Waals surface area contributed by atoms with Crippen LogP contribution >= 0.6 is 11.1 Å². The van der Waals surface area contributed by atoms with Gasteiger partial charge in [0.1, 0.15) is 24.2 Å². The zero-order valence-electron chi connectivity index (χ0n) is 51.4. The van der Waals surface area contributed by atoms with Crippen LogP contribution in [0.2, 0.25) is 0 Å². The Morgan fingerprint density at radius 1 is 0.482 bits per heavy atom. The molecule has 0 bridgehead atoms. The lowest BCUT2D eigenvalue weighted by atomic mass is 9.99. The molecule has 4 rings (SSSR count). The molecule has 2 heterocycles. The fourth-order valence-electron chi connectivity index (χ4n) is 9.71. The van der Waals surface area contributed by atoms with E-state index in [1.54, 1.807) is 67.5 Å². The number of aromatic nitrogens is 2. The number of carbonyl (C=O) groups excluding carboxylic acids is 8. The molecule has 1 fully saturated rings. The molecule has 25 heteroatoms. The second-order valence-electron chi connectivity index (χ2n) is 23.5. The van der Waals surface area contributed by atoms with Crippen molar-refractivity contribution in [1.29, 1.82) is 0 Å². The van der Waals surface area contributed by atoms with E-state index in [2.05, 4.69) is 5.10 Å². The number of nitrogens with zero attached hydrogens (tertiary/aromatic N) is 6. The molecule has 0 spiro atoms. The number of thiol groups is 1. The maximum Gasteiger partial charge on any atom is 0.435 e. The Labute approximate surface area is 497 Å². The van der Waals surface area contributed by atoms with Crippen molar-refractivity contribution in [2.24, 2.45) is 23.7 Å². The number of likely N-dealkylation sites (N-methyl/N-ethyl adjacent to an activating group) is 4. The Bertz CT molecular complexity index is 2790.